The summed E-state index contributed by atoms with van der Waals surface area (Å²) in [5, 5.41) is 12.9. The van der Waals surface area contributed by atoms with Crippen molar-refractivity contribution in [3.05, 3.63) is 93.7 Å². The Bertz CT molecular complexity index is 1760. The number of thioether (sulfide) groups is 1. The highest BCUT2D eigenvalue weighted by molar-refractivity contribution is 7.98. The van der Waals surface area contributed by atoms with Crippen LogP contribution < -0.4 is 9.47 Å². The molecule has 1 fully saturated rings. The summed E-state index contributed by atoms with van der Waals surface area (Å²) in [6, 6.07) is 17.4. The van der Waals surface area contributed by atoms with E-state index in [4.69, 9.17) is 21.1 Å². The van der Waals surface area contributed by atoms with Gasteiger partial charge in [0.15, 0.2) is 22.5 Å². The predicted octanol–water partition coefficient (Wildman–Crippen LogP) is 5.42. The molecule has 0 aliphatic carbocycles. The topological polar surface area (TPSA) is 98.5 Å². The van der Waals surface area contributed by atoms with Gasteiger partial charge in [0, 0.05) is 56.1 Å². The van der Waals surface area contributed by atoms with E-state index in [1.54, 1.807) is 12.4 Å². The Balaban J connectivity index is 0.993. The lowest BCUT2D eigenvalue weighted by Gasteiger charge is -2.34. The van der Waals surface area contributed by atoms with Gasteiger partial charge >= 0.3 is 0 Å². The molecule has 218 valence electrons. The van der Waals surface area contributed by atoms with E-state index in [9.17, 15) is 4.79 Å². The number of benzene rings is 2. The van der Waals surface area contributed by atoms with Crippen LogP contribution in [-0.2, 0) is 12.3 Å². The first kappa shape index (κ1) is 27.8. The Kier molecular flexibility index (Phi) is 7.98. The van der Waals surface area contributed by atoms with Gasteiger partial charge in [-0.25, -0.2) is 4.98 Å². The molecule has 2 aliphatic heterocycles. The summed E-state index contributed by atoms with van der Waals surface area (Å²) in [6.45, 7) is 3.98. The van der Waals surface area contributed by atoms with E-state index in [0.29, 0.717) is 40.5 Å². The van der Waals surface area contributed by atoms with E-state index < -0.39 is 0 Å². The molecule has 2 aliphatic rings. The first-order valence-electron chi connectivity index (χ1n) is 13.7. The van der Waals surface area contributed by atoms with Crippen molar-refractivity contribution in [1.82, 2.24) is 34.5 Å². The first-order chi connectivity index (χ1) is 21.1. The molecule has 0 radical (unpaired) electrons. The van der Waals surface area contributed by atoms with Gasteiger partial charge in [0.25, 0.3) is 5.91 Å². The molecule has 0 spiro atoms. The number of rotatable bonds is 8. The lowest BCUT2D eigenvalue weighted by molar-refractivity contribution is 0.0623. The number of ether oxygens (including phenoxy) is 2. The number of halogens is 1. The normalized spacial score (nSPS) is 14.8. The molecule has 0 unspecified atom stereocenters. The summed E-state index contributed by atoms with van der Waals surface area (Å²) in [6.07, 6.45) is 3.45. The quantitative estimate of drug-likeness (QED) is 0.208. The highest BCUT2D eigenvalue weighted by Crippen LogP contribution is 2.34. The second kappa shape index (κ2) is 12.3. The van der Waals surface area contributed by atoms with Crippen molar-refractivity contribution in [3.63, 3.8) is 0 Å². The number of amides is 1. The summed E-state index contributed by atoms with van der Waals surface area (Å²) in [5.41, 5.74) is 3.32. The van der Waals surface area contributed by atoms with Gasteiger partial charge < -0.3 is 14.4 Å². The fourth-order valence-electron chi connectivity index (χ4n) is 5.07. The van der Waals surface area contributed by atoms with Gasteiger partial charge in [0.05, 0.1) is 16.5 Å². The van der Waals surface area contributed by atoms with Crippen molar-refractivity contribution < 1.29 is 14.3 Å². The number of pyridine rings is 1. The van der Waals surface area contributed by atoms with Crippen LogP contribution in [0.1, 0.15) is 21.1 Å². The molecule has 2 aromatic carbocycles. The highest BCUT2D eigenvalue weighted by atomic mass is 35.5. The van der Waals surface area contributed by atoms with Gasteiger partial charge in [-0.3, -0.25) is 19.2 Å². The number of thiazole rings is 1. The average molecular weight is 632 g/mol. The van der Waals surface area contributed by atoms with Gasteiger partial charge in [0.1, 0.15) is 10.7 Å². The number of hydrogen-bond acceptors (Lipinski definition) is 10. The molecule has 13 heteroatoms. The number of nitrogens with zero attached hydrogens (tertiary/aromatic N) is 7. The summed E-state index contributed by atoms with van der Waals surface area (Å²) in [5.74, 6) is 2.76. The average Bonchev–Trinajstić information content (AvgIpc) is 3.81. The summed E-state index contributed by atoms with van der Waals surface area (Å²) in [7, 11) is 0. The standard InChI is InChI=1S/C30H26ClN7O3S2/c31-22-3-1-2-4-24(22)38-28(21-7-9-32-10-8-21)34-35-30(38)43-18-27-33-23(17-42-27)29(39)37-13-11-36(12-14-37)16-20-5-6-25-26(15-20)41-19-40-25/h1-10,15,17H,11-14,16,18-19H2. The molecule has 43 heavy (non-hydrogen) atoms. The maximum atomic E-state index is 13.3. The molecule has 1 amide bonds. The lowest BCUT2D eigenvalue weighted by Crippen LogP contribution is -2.48. The van der Waals surface area contributed by atoms with Crippen molar-refractivity contribution in [1.29, 1.82) is 0 Å². The Morgan fingerprint density at radius 1 is 0.977 bits per heavy atom. The van der Waals surface area contributed by atoms with E-state index in [2.05, 4.69) is 31.1 Å². The second-order valence-electron chi connectivity index (χ2n) is 10.0. The molecule has 5 aromatic rings. The highest BCUT2D eigenvalue weighted by Gasteiger charge is 2.25. The molecular weight excluding hydrogens is 606 g/mol. The van der Waals surface area contributed by atoms with E-state index in [-0.39, 0.29) is 12.7 Å². The van der Waals surface area contributed by atoms with E-state index >= 15 is 0 Å². The van der Waals surface area contributed by atoms with Crippen LogP contribution >= 0.6 is 34.7 Å². The zero-order valence-electron chi connectivity index (χ0n) is 22.9. The lowest BCUT2D eigenvalue weighted by atomic mass is 10.1. The SMILES string of the molecule is O=C(c1csc(CSc2nnc(-c3ccncc3)n2-c2ccccc2Cl)n1)N1CCN(Cc2ccc3c(c2)OCO3)CC1. The monoisotopic (exact) mass is 631 g/mol. The van der Waals surface area contributed by atoms with Crippen LogP contribution in [0, 0.1) is 0 Å². The van der Waals surface area contributed by atoms with Crippen LogP contribution in [0.5, 0.6) is 11.5 Å². The number of piperazine rings is 1. The van der Waals surface area contributed by atoms with Crippen LogP contribution in [0.2, 0.25) is 5.02 Å². The van der Waals surface area contributed by atoms with E-state index in [0.717, 1.165) is 47.4 Å². The number of fused-ring (bicyclic) bond motifs is 1. The fraction of sp³-hybridized carbons (Fsp3) is 0.233. The molecule has 0 atom stereocenters. The molecule has 1 saturated heterocycles. The third-order valence-electron chi connectivity index (χ3n) is 7.26. The largest absolute Gasteiger partial charge is 0.454 e. The zero-order valence-corrected chi connectivity index (χ0v) is 25.3. The molecule has 5 heterocycles. The minimum Gasteiger partial charge on any atom is -0.454 e. The Hall–Kier alpha value is -3.97. The summed E-state index contributed by atoms with van der Waals surface area (Å²) < 4.78 is 12.9. The van der Waals surface area contributed by atoms with E-state index in [1.165, 1.54) is 28.7 Å². The number of hydrogen-bond donors (Lipinski definition) is 0. The molecule has 0 saturated carbocycles. The van der Waals surface area contributed by atoms with Crippen LogP contribution in [-0.4, -0.2) is 73.4 Å². The third-order valence-corrected chi connectivity index (χ3v) is 9.55. The molecule has 0 bridgehead atoms. The van der Waals surface area contributed by atoms with Crippen molar-refractivity contribution in [2.75, 3.05) is 33.0 Å². The third kappa shape index (κ3) is 5.96. The van der Waals surface area contributed by atoms with Crippen LogP contribution in [0.3, 0.4) is 0 Å². The van der Waals surface area contributed by atoms with Gasteiger partial charge in [-0.15, -0.1) is 21.5 Å². The van der Waals surface area contributed by atoms with Gasteiger partial charge in [0.2, 0.25) is 6.79 Å². The van der Waals surface area contributed by atoms with Crippen LogP contribution in [0.15, 0.2) is 77.5 Å². The van der Waals surface area contributed by atoms with Crippen LogP contribution in [0.4, 0.5) is 0 Å². The van der Waals surface area contributed by atoms with Crippen molar-refractivity contribution in [3.8, 4) is 28.6 Å². The smallest absolute Gasteiger partial charge is 0.273 e. The predicted molar refractivity (Wildman–Crippen MR) is 165 cm³/mol. The molecule has 7 rings (SSSR count). The number of carbonyl (C=O) groups is 1. The minimum absolute atomic E-state index is 0.0329. The Morgan fingerprint density at radius 3 is 2.63 bits per heavy atom. The van der Waals surface area contributed by atoms with Gasteiger partial charge in [-0.1, -0.05) is 41.6 Å². The molecule has 10 nitrogen and oxygen atoms in total. The maximum Gasteiger partial charge on any atom is 0.273 e. The number of para-hydroxylation sites is 1. The second-order valence-corrected chi connectivity index (χ2v) is 12.3. The molecule has 0 N–H and O–H groups in total. The fourth-order valence-corrected chi connectivity index (χ4v) is 7.02. The number of aromatic nitrogens is 5. The number of carbonyl (C=O) groups excluding carboxylic acids is 1. The Labute approximate surface area is 261 Å². The summed E-state index contributed by atoms with van der Waals surface area (Å²) >= 11 is 9.56. The van der Waals surface area contributed by atoms with Crippen LogP contribution in [0.25, 0.3) is 17.1 Å². The zero-order chi connectivity index (χ0) is 29.2. The first-order valence-corrected chi connectivity index (χ1v) is 15.9. The van der Waals surface area contributed by atoms with Crippen molar-refractivity contribution in [2.24, 2.45) is 0 Å². The Morgan fingerprint density at radius 2 is 1.79 bits per heavy atom. The maximum absolute atomic E-state index is 13.3. The molecular formula is C30H26ClN7O3S2. The van der Waals surface area contributed by atoms with Crippen molar-refractivity contribution >= 4 is 40.6 Å². The van der Waals surface area contributed by atoms with Gasteiger partial charge in [-0.05, 0) is 42.0 Å². The van der Waals surface area contributed by atoms with Crippen molar-refractivity contribution in [2.45, 2.75) is 17.5 Å². The summed E-state index contributed by atoms with van der Waals surface area (Å²) in [4.78, 5) is 26.3. The minimum atomic E-state index is -0.0329. The van der Waals surface area contributed by atoms with Gasteiger partial charge in [-0.2, -0.15) is 0 Å². The van der Waals surface area contributed by atoms with E-state index in [1.807, 2.05) is 63.4 Å². The molecule has 3 aromatic heterocycles.